The van der Waals surface area contributed by atoms with E-state index in [0.717, 1.165) is 38.4 Å². The summed E-state index contributed by atoms with van der Waals surface area (Å²) in [4.78, 5) is 33.5. The van der Waals surface area contributed by atoms with Crippen LogP contribution >= 0.6 is 0 Å². The van der Waals surface area contributed by atoms with Crippen molar-refractivity contribution in [2.75, 3.05) is 6.61 Å². The van der Waals surface area contributed by atoms with Gasteiger partial charge in [-0.25, -0.2) is 0 Å². The Morgan fingerprint density at radius 1 is 0.643 bits per heavy atom. The van der Waals surface area contributed by atoms with Crippen LogP contribution in [0.1, 0.15) is 129 Å². The molecule has 0 bridgehead atoms. The highest BCUT2D eigenvalue weighted by atomic mass is 16.5. The number of esters is 1. The molecule has 0 unspecified atom stereocenters. The zero-order valence-electron chi connectivity index (χ0n) is 18.4. The van der Waals surface area contributed by atoms with Crippen LogP contribution in [0, 0.1) is 0 Å². The minimum atomic E-state index is -0.301. The molecule has 0 amide bonds. The molecule has 0 saturated heterocycles. The van der Waals surface area contributed by atoms with Crippen LogP contribution in [0.4, 0.5) is 0 Å². The van der Waals surface area contributed by atoms with Crippen molar-refractivity contribution in [1.29, 1.82) is 0 Å². The molecule has 164 valence electrons. The van der Waals surface area contributed by atoms with Crippen LogP contribution in [0.5, 0.6) is 0 Å². The molecule has 0 aliphatic carbocycles. The Bertz CT molecular complexity index is 379. The van der Waals surface area contributed by atoms with Gasteiger partial charge in [-0.05, 0) is 19.3 Å². The van der Waals surface area contributed by atoms with Gasteiger partial charge in [0, 0.05) is 19.3 Å². The molecule has 0 saturated carbocycles. The Morgan fingerprint density at radius 2 is 1.11 bits per heavy atom. The Kier molecular flexibility index (Phi) is 21.2. The Morgan fingerprint density at radius 3 is 1.64 bits per heavy atom. The molecule has 28 heavy (non-hydrogen) atoms. The molecule has 4 nitrogen and oxygen atoms in total. The minimum absolute atomic E-state index is 0.0253. The predicted molar refractivity (Wildman–Crippen MR) is 115 cm³/mol. The summed E-state index contributed by atoms with van der Waals surface area (Å²) < 4.78 is 5.02. The fourth-order valence-electron chi connectivity index (χ4n) is 3.32. The highest BCUT2D eigenvalue weighted by molar-refractivity contribution is 5.82. The van der Waals surface area contributed by atoms with Crippen molar-refractivity contribution in [2.45, 2.75) is 129 Å². The summed E-state index contributed by atoms with van der Waals surface area (Å²) in [6.45, 7) is 2.18. The lowest BCUT2D eigenvalue weighted by molar-refractivity contribution is -0.148. The standard InChI is InChI=1S/C24H44O4/c1-2-3-4-5-6-7-8-9-10-11-12-13-16-19-23(26)22-28-24(27)20-17-14-15-18-21-25/h21H,2-20,22H2,1H3. The molecule has 0 atom stereocenters. The van der Waals surface area contributed by atoms with Crippen molar-refractivity contribution < 1.29 is 19.1 Å². The topological polar surface area (TPSA) is 60.4 Å². The maximum Gasteiger partial charge on any atom is 0.306 e. The summed E-state index contributed by atoms with van der Waals surface area (Å²) in [5.41, 5.74) is 0. The number of Topliss-reactive ketones (excluding diaryl/α,β-unsaturated/α-hetero) is 1. The van der Waals surface area contributed by atoms with E-state index in [-0.39, 0.29) is 18.4 Å². The maximum absolute atomic E-state index is 11.7. The minimum Gasteiger partial charge on any atom is -0.458 e. The van der Waals surface area contributed by atoms with E-state index in [9.17, 15) is 14.4 Å². The third kappa shape index (κ3) is 21.1. The smallest absolute Gasteiger partial charge is 0.306 e. The van der Waals surface area contributed by atoms with E-state index in [4.69, 9.17) is 4.74 Å². The molecule has 0 radical (unpaired) electrons. The lowest BCUT2D eigenvalue weighted by Crippen LogP contribution is -2.13. The normalized spacial score (nSPS) is 10.8. The quantitative estimate of drug-likeness (QED) is 0.116. The molecule has 0 heterocycles. The molecule has 4 heteroatoms. The first-order chi connectivity index (χ1) is 13.7. The zero-order valence-corrected chi connectivity index (χ0v) is 18.4. The van der Waals surface area contributed by atoms with E-state index in [1.54, 1.807) is 0 Å². The van der Waals surface area contributed by atoms with Crippen LogP contribution in [-0.2, 0) is 19.1 Å². The van der Waals surface area contributed by atoms with Gasteiger partial charge in [0.15, 0.2) is 5.78 Å². The van der Waals surface area contributed by atoms with Gasteiger partial charge < -0.3 is 9.53 Å². The lowest BCUT2D eigenvalue weighted by atomic mass is 10.0. The number of carbonyl (C=O) groups is 3. The van der Waals surface area contributed by atoms with Gasteiger partial charge >= 0.3 is 5.97 Å². The first kappa shape index (κ1) is 26.8. The summed E-state index contributed by atoms with van der Waals surface area (Å²) in [7, 11) is 0. The molecule has 0 rings (SSSR count). The molecule has 0 fully saturated rings. The number of unbranched alkanes of at least 4 members (excludes halogenated alkanes) is 15. The van der Waals surface area contributed by atoms with E-state index in [1.807, 2.05) is 0 Å². The van der Waals surface area contributed by atoms with Crippen molar-refractivity contribution >= 4 is 18.0 Å². The van der Waals surface area contributed by atoms with Crippen molar-refractivity contribution in [1.82, 2.24) is 0 Å². The fourth-order valence-corrected chi connectivity index (χ4v) is 3.32. The largest absolute Gasteiger partial charge is 0.458 e. The summed E-state index contributed by atoms with van der Waals surface area (Å²) in [5, 5.41) is 0. The predicted octanol–water partition coefficient (Wildman–Crippen LogP) is 6.73. The van der Waals surface area contributed by atoms with Crippen LogP contribution in [-0.4, -0.2) is 24.6 Å². The molecule has 0 aromatic heterocycles. The molecule has 0 spiro atoms. The summed E-state index contributed by atoms with van der Waals surface area (Å²) in [6.07, 6.45) is 21.5. The van der Waals surface area contributed by atoms with Gasteiger partial charge in [-0.3, -0.25) is 9.59 Å². The van der Waals surface area contributed by atoms with Crippen LogP contribution in [0.25, 0.3) is 0 Å². The third-order valence-electron chi connectivity index (χ3n) is 5.16. The fraction of sp³-hybridized carbons (Fsp3) is 0.875. The second-order valence-electron chi connectivity index (χ2n) is 7.96. The average molecular weight is 397 g/mol. The van der Waals surface area contributed by atoms with E-state index in [2.05, 4.69) is 6.92 Å². The Balaban J connectivity index is 3.28. The first-order valence-electron chi connectivity index (χ1n) is 11.8. The van der Waals surface area contributed by atoms with E-state index < -0.39 is 0 Å². The summed E-state index contributed by atoms with van der Waals surface area (Å²) in [5.74, 6) is -0.276. The SMILES string of the molecule is CCCCCCCCCCCCCCCC(=O)COC(=O)CCCCCC=O. The van der Waals surface area contributed by atoms with Crippen molar-refractivity contribution in [3.63, 3.8) is 0 Å². The lowest BCUT2D eigenvalue weighted by Gasteiger charge is -2.05. The van der Waals surface area contributed by atoms with Gasteiger partial charge in [0.1, 0.15) is 12.9 Å². The van der Waals surface area contributed by atoms with Crippen molar-refractivity contribution in [2.24, 2.45) is 0 Å². The van der Waals surface area contributed by atoms with Crippen molar-refractivity contribution in [3.05, 3.63) is 0 Å². The number of carbonyl (C=O) groups excluding carboxylic acids is 3. The van der Waals surface area contributed by atoms with Crippen LogP contribution < -0.4 is 0 Å². The zero-order chi connectivity index (χ0) is 20.7. The molecule has 0 N–H and O–H groups in total. The number of hydrogen-bond donors (Lipinski definition) is 0. The Hall–Kier alpha value is -1.19. The molecule has 0 aliphatic heterocycles. The number of rotatable bonds is 22. The van der Waals surface area contributed by atoms with E-state index in [1.165, 1.54) is 70.6 Å². The van der Waals surface area contributed by atoms with Crippen LogP contribution in [0.2, 0.25) is 0 Å². The monoisotopic (exact) mass is 396 g/mol. The maximum atomic E-state index is 11.7. The van der Waals surface area contributed by atoms with Gasteiger partial charge in [0.05, 0.1) is 0 Å². The summed E-state index contributed by atoms with van der Waals surface area (Å²) in [6, 6.07) is 0. The third-order valence-corrected chi connectivity index (χ3v) is 5.16. The van der Waals surface area contributed by atoms with E-state index in [0.29, 0.717) is 19.3 Å². The van der Waals surface area contributed by atoms with Gasteiger partial charge in [-0.1, -0.05) is 90.4 Å². The van der Waals surface area contributed by atoms with E-state index >= 15 is 0 Å². The molecule has 0 aromatic carbocycles. The van der Waals surface area contributed by atoms with Gasteiger partial charge in [0.2, 0.25) is 0 Å². The van der Waals surface area contributed by atoms with Gasteiger partial charge in [-0.2, -0.15) is 0 Å². The number of hydrogen-bond acceptors (Lipinski definition) is 4. The van der Waals surface area contributed by atoms with Gasteiger partial charge in [-0.15, -0.1) is 0 Å². The number of aldehydes is 1. The summed E-state index contributed by atoms with van der Waals surface area (Å²) >= 11 is 0. The highest BCUT2D eigenvalue weighted by Gasteiger charge is 2.07. The first-order valence-corrected chi connectivity index (χ1v) is 11.8. The number of ketones is 1. The molecule has 0 aromatic rings. The van der Waals surface area contributed by atoms with Gasteiger partial charge in [0.25, 0.3) is 0 Å². The molecule has 0 aliphatic rings. The van der Waals surface area contributed by atoms with Crippen LogP contribution in [0.3, 0.4) is 0 Å². The molecular formula is C24H44O4. The molecular weight excluding hydrogens is 352 g/mol. The van der Waals surface area contributed by atoms with Crippen LogP contribution in [0.15, 0.2) is 0 Å². The second-order valence-corrected chi connectivity index (χ2v) is 7.96. The second kappa shape index (κ2) is 22.1. The van der Waals surface area contributed by atoms with Crippen molar-refractivity contribution in [3.8, 4) is 0 Å². The Labute approximate surface area is 173 Å². The number of ether oxygens (including phenoxy) is 1. The average Bonchev–Trinajstić information content (AvgIpc) is 2.69. The highest BCUT2D eigenvalue weighted by Crippen LogP contribution is 2.13.